The summed E-state index contributed by atoms with van der Waals surface area (Å²) < 4.78 is 38.9. The number of nitrogen functional groups attached to an aromatic ring is 2. The van der Waals surface area contributed by atoms with E-state index in [-0.39, 0.29) is 11.8 Å². The number of benzene rings is 2. The van der Waals surface area contributed by atoms with Crippen molar-refractivity contribution in [2.45, 2.75) is 19.6 Å². The van der Waals surface area contributed by atoms with Gasteiger partial charge in [-0.3, -0.25) is 0 Å². The maximum atomic E-state index is 13.0. The fraction of sp³-hybridized carbons (Fsp3) is 0.222. The minimum atomic E-state index is -4.37. The van der Waals surface area contributed by atoms with Crippen molar-refractivity contribution in [1.29, 1.82) is 0 Å². The lowest BCUT2D eigenvalue weighted by atomic mass is 10.1. The van der Waals surface area contributed by atoms with Gasteiger partial charge in [-0.15, -0.1) is 0 Å². The van der Waals surface area contributed by atoms with Crippen LogP contribution in [0.5, 0.6) is 0 Å². The van der Waals surface area contributed by atoms with E-state index in [1.54, 1.807) is 12.1 Å². The van der Waals surface area contributed by atoms with Gasteiger partial charge < -0.3 is 16.4 Å². The molecule has 8 heteroatoms. The van der Waals surface area contributed by atoms with E-state index in [4.69, 9.17) is 11.5 Å². The molecular weight excluding hydrogens is 343 g/mol. The molecule has 26 heavy (non-hydrogen) atoms. The molecule has 0 atom stereocenters. The van der Waals surface area contributed by atoms with Gasteiger partial charge in [0.05, 0.1) is 11.1 Å². The number of halogens is 3. The molecule has 0 aliphatic rings. The molecule has 2 aromatic carbocycles. The van der Waals surface area contributed by atoms with Crippen molar-refractivity contribution in [2.75, 3.05) is 22.9 Å². The van der Waals surface area contributed by atoms with Crippen LogP contribution in [0, 0.1) is 0 Å². The Balaban J connectivity index is 1.92. The third kappa shape index (κ3) is 3.63. The second kappa shape index (κ2) is 6.70. The van der Waals surface area contributed by atoms with Gasteiger partial charge in [0.2, 0.25) is 5.95 Å². The third-order valence-corrected chi connectivity index (χ3v) is 4.10. The van der Waals surface area contributed by atoms with Crippen molar-refractivity contribution >= 4 is 28.4 Å². The van der Waals surface area contributed by atoms with Crippen molar-refractivity contribution in [1.82, 2.24) is 9.97 Å². The van der Waals surface area contributed by atoms with Gasteiger partial charge in [-0.1, -0.05) is 12.1 Å². The van der Waals surface area contributed by atoms with Gasteiger partial charge in [-0.05, 0) is 42.8 Å². The standard InChI is InChI=1S/C18H18F3N5/c1-2-26(13-5-3-4-12(9-13)18(19,20)21)10-11-6-7-15-14(8-11)16(22)25-17(23)24-15/h3-9H,2,10H2,1H3,(H4,22,23,24,25). The van der Waals surface area contributed by atoms with Crippen LogP contribution in [0.2, 0.25) is 0 Å². The van der Waals surface area contributed by atoms with Crippen LogP contribution in [-0.2, 0) is 12.7 Å². The van der Waals surface area contributed by atoms with Crippen molar-refractivity contribution < 1.29 is 13.2 Å². The molecule has 1 aromatic heterocycles. The molecule has 0 spiro atoms. The summed E-state index contributed by atoms with van der Waals surface area (Å²) in [6.45, 7) is 2.87. The smallest absolute Gasteiger partial charge is 0.383 e. The molecule has 3 rings (SSSR count). The summed E-state index contributed by atoms with van der Waals surface area (Å²) in [5, 5.41) is 0.664. The van der Waals surface area contributed by atoms with Crippen LogP contribution < -0.4 is 16.4 Å². The van der Waals surface area contributed by atoms with Gasteiger partial charge in [0.1, 0.15) is 5.82 Å². The van der Waals surface area contributed by atoms with Crippen LogP contribution in [0.25, 0.3) is 10.9 Å². The maximum absolute atomic E-state index is 13.0. The average molecular weight is 361 g/mol. The third-order valence-electron chi connectivity index (χ3n) is 4.10. The van der Waals surface area contributed by atoms with Gasteiger partial charge in [0.15, 0.2) is 0 Å². The first-order chi connectivity index (χ1) is 12.3. The highest BCUT2D eigenvalue weighted by atomic mass is 19.4. The number of rotatable bonds is 4. The lowest BCUT2D eigenvalue weighted by Crippen LogP contribution is -2.22. The maximum Gasteiger partial charge on any atom is 0.416 e. The number of hydrogen-bond donors (Lipinski definition) is 2. The van der Waals surface area contributed by atoms with E-state index in [0.29, 0.717) is 29.7 Å². The number of nitrogens with zero attached hydrogens (tertiary/aromatic N) is 3. The predicted octanol–water partition coefficient (Wildman–Crippen LogP) is 3.84. The highest BCUT2D eigenvalue weighted by Gasteiger charge is 2.30. The molecule has 0 aliphatic heterocycles. The summed E-state index contributed by atoms with van der Waals surface area (Å²) in [7, 11) is 0. The zero-order chi connectivity index (χ0) is 18.9. The van der Waals surface area contributed by atoms with E-state index in [1.807, 2.05) is 24.0 Å². The van der Waals surface area contributed by atoms with Gasteiger partial charge in [-0.25, -0.2) is 4.98 Å². The van der Waals surface area contributed by atoms with Crippen molar-refractivity contribution in [3.63, 3.8) is 0 Å². The quantitative estimate of drug-likeness (QED) is 0.738. The number of anilines is 3. The normalized spacial score (nSPS) is 11.7. The summed E-state index contributed by atoms with van der Waals surface area (Å²) in [6, 6.07) is 10.8. The van der Waals surface area contributed by atoms with Crippen LogP contribution >= 0.6 is 0 Å². The number of hydrogen-bond acceptors (Lipinski definition) is 5. The van der Waals surface area contributed by atoms with Crippen molar-refractivity contribution in [2.24, 2.45) is 0 Å². The Morgan fingerprint density at radius 3 is 2.50 bits per heavy atom. The fourth-order valence-electron chi connectivity index (χ4n) is 2.80. The van der Waals surface area contributed by atoms with E-state index in [0.717, 1.165) is 17.7 Å². The lowest BCUT2D eigenvalue weighted by Gasteiger charge is -2.24. The molecule has 0 bridgehead atoms. The molecule has 4 N–H and O–H groups in total. The van der Waals surface area contributed by atoms with Crippen LogP contribution in [-0.4, -0.2) is 16.5 Å². The summed E-state index contributed by atoms with van der Waals surface area (Å²) in [4.78, 5) is 9.92. The lowest BCUT2D eigenvalue weighted by molar-refractivity contribution is -0.137. The topological polar surface area (TPSA) is 81.1 Å². The first-order valence-corrected chi connectivity index (χ1v) is 8.01. The average Bonchev–Trinajstić information content (AvgIpc) is 2.59. The Kier molecular flexibility index (Phi) is 4.58. The van der Waals surface area contributed by atoms with E-state index in [9.17, 15) is 13.2 Å². The molecule has 0 aliphatic carbocycles. The first-order valence-electron chi connectivity index (χ1n) is 8.01. The zero-order valence-corrected chi connectivity index (χ0v) is 14.1. The molecule has 3 aromatic rings. The number of fused-ring (bicyclic) bond motifs is 1. The Morgan fingerprint density at radius 1 is 1.04 bits per heavy atom. The van der Waals surface area contributed by atoms with Crippen LogP contribution in [0.15, 0.2) is 42.5 Å². The monoisotopic (exact) mass is 361 g/mol. The second-order valence-electron chi connectivity index (χ2n) is 5.88. The minimum Gasteiger partial charge on any atom is -0.383 e. The molecular formula is C18H18F3N5. The van der Waals surface area contributed by atoms with Crippen LogP contribution in [0.4, 0.5) is 30.6 Å². The molecule has 0 fully saturated rings. The van der Waals surface area contributed by atoms with Crippen molar-refractivity contribution in [3.05, 3.63) is 53.6 Å². The number of aromatic nitrogens is 2. The molecule has 136 valence electrons. The second-order valence-corrected chi connectivity index (χ2v) is 5.88. The summed E-state index contributed by atoms with van der Waals surface area (Å²) in [6.07, 6.45) is -4.37. The summed E-state index contributed by atoms with van der Waals surface area (Å²) in [5.41, 5.74) is 12.8. The molecule has 0 amide bonds. The Morgan fingerprint density at radius 2 is 1.81 bits per heavy atom. The van der Waals surface area contributed by atoms with Crippen molar-refractivity contribution in [3.8, 4) is 0 Å². The minimum absolute atomic E-state index is 0.0990. The SMILES string of the molecule is CCN(Cc1ccc2nc(N)nc(N)c2c1)c1cccc(C(F)(F)F)c1. The summed E-state index contributed by atoms with van der Waals surface area (Å²) in [5.74, 6) is 0.373. The highest BCUT2D eigenvalue weighted by molar-refractivity contribution is 5.89. The van der Waals surface area contributed by atoms with E-state index < -0.39 is 11.7 Å². The molecule has 0 unspecified atom stereocenters. The van der Waals surface area contributed by atoms with Gasteiger partial charge >= 0.3 is 6.18 Å². The molecule has 0 saturated carbocycles. The van der Waals surface area contributed by atoms with E-state index >= 15 is 0 Å². The first kappa shape index (κ1) is 17.8. The number of alkyl halides is 3. The molecule has 5 nitrogen and oxygen atoms in total. The van der Waals surface area contributed by atoms with Gasteiger partial charge in [0, 0.05) is 24.2 Å². The highest BCUT2D eigenvalue weighted by Crippen LogP contribution is 2.32. The Bertz CT molecular complexity index is 940. The largest absolute Gasteiger partial charge is 0.416 e. The van der Waals surface area contributed by atoms with E-state index in [2.05, 4.69) is 9.97 Å². The Hall–Kier alpha value is -3.03. The predicted molar refractivity (Wildman–Crippen MR) is 96.5 cm³/mol. The van der Waals surface area contributed by atoms with Gasteiger partial charge in [-0.2, -0.15) is 18.2 Å². The van der Waals surface area contributed by atoms with E-state index in [1.165, 1.54) is 6.07 Å². The molecule has 0 radical (unpaired) electrons. The molecule has 1 heterocycles. The van der Waals surface area contributed by atoms with Crippen LogP contribution in [0.3, 0.4) is 0 Å². The summed E-state index contributed by atoms with van der Waals surface area (Å²) >= 11 is 0. The Labute approximate surface area is 148 Å². The fourth-order valence-corrected chi connectivity index (χ4v) is 2.80. The zero-order valence-electron chi connectivity index (χ0n) is 14.1. The number of nitrogens with two attached hydrogens (primary N) is 2. The van der Waals surface area contributed by atoms with Crippen LogP contribution in [0.1, 0.15) is 18.1 Å². The van der Waals surface area contributed by atoms with Gasteiger partial charge in [0.25, 0.3) is 0 Å². The molecule has 0 saturated heterocycles.